The van der Waals surface area contributed by atoms with E-state index in [0.717, 1.165) is 50.2 Å². The molecule has 0 unspecified atom stereocenters. The van der Waals surface area contributed by atoms with Crippen molar-refractivity contribution in [2.45, 2.75) is 39.5 Å². The standard InChI is InChI=1S/C18H28N3O3.3ClH.Zn/c1-3-5-9-23-17-14-16(21-7-11-22-12-8-21)18(13-15(17)20-19)24-10-6-4-2;;;;/h13-14H,3-12H2,1-2H3;3*1H;/q+1;;;;+2/p-3. The zero-order valence-corrected chi connectivity index (χ0v) is 21.9. The van der Waals surface area contributed by atoms with Gasteiger partial charge in [0.25, 0.3) is 0 Å². The number of unbranched alkanes of at least 4 members (excludes halogenated alkanes) is 2. The third-order valence-electron chi connectivity index (χ3n) is 4.01. The van der Waals surface area contributed by atoms with Crippen LogP contribution in [0.4, 0.5) is 11.4 Å². The Morgan fingerprint density at radius 3 is 2.07 bits per heavy atom. The molecular formula is C18H28Cl3N3O3Zn. The number of hydrogen-bond acceptors (Lipinski definition) is 5. The fourth-order valence-corrected chi connectivity index (χ4v) is 2.55. The van der Waals surface area contributed by atoms with E-state index in [9.17, 15) is 5.39 Å². The number of hydrogen-bond donors (Lipinski definition) is 0. The summed E-state index contributed by atoms with van der Waals surface area (Å²) >= 11 is -2.21. The first-order chi connectivity index (χ1) is 13.5. The summed E-state index contributed by atoms with van der Waals surface area (Å²) < 4.78 is 17.2. The fourth-order valence-electron chi connectivity index (χ4n) is 2.55. The van der Waals surface area contributed by atoms with Gasteiger partial charge in [0.1, 0.15) is 0 Å². The predicted octanol–water partition coefficient (Wildman–Crippen LogP) is 6.43. The number of nitrogens with zero attached hydrogens (tertiary/aromatic N) is 3. The van der Waals surface area contributed by atoms with Gasteiger partial charge in [-0.3, -0.25) is 0 Å². The van der Waals surface area contributed by atoms with Crippen molar-refractivity contribution >= 4 is 40.4 Å². The molecule has 0 spiro atoms. The summed E-state index contributed by atoms with van der Waals surface area (Å²) in [6.07, 6.45) is 4.08. The van der Waals surface area contributed by atoms with E-state index >= 15 is 0 Å². The summed E-state index contributed by atoms with van der Waals surface area (Å²) in [6, 6.07) is 3.69. The summed E-state index contributed by atoms with van der Waals surface area (Å²) in [5.74, 6) is 1.33. The zero-order chi connectivity index (χ0) is 20.8. The van der Waals surface area contributed by atoms with Crippen LogP contribution in [0.5, 0.6) is 11.5 Å². The van der Waals surface area contributed by atoms with Gasteiger partial charge in [0, 0.05) is 19.2 Å². The average Bonchev–Trinajstić information content (AvgIpc) is 2.69. The summed E-state index contributed by atoms with van der Waals surface area (Å²) in [7, 11) is 15.0. The van der Waals surface area contributed by atoms with Crippen molar-refractivity contribution in [1.29, 1.82) is 5.39 Å². The molecule has 0 atom stereocenters. The normalized spacial score (nSPS) is 13.2. The van der Waals surface area contributed by atoms with Crippen LogP contribution in [0.3, 0.4) is 0 Å². The van der Waals surface area contributed by atoms with E-state index in [1.54, 1.807) is 6.07 Å². The van der Waals surface area contributed by atoms with Crippen molar-refractivity contribution < 1.29 is 27.2 Å². The van der Waals surface area contributed by atoms with Crippen LogP contribution >= 0.6 is 29.1 Å². The Hall–Kier alpha value is -0.507. The summed E-state index contributed by atoms with van der Waals surface area (Å²) in [5, 5.41) is 9.33. The second-order valence-electron chi connectivity index (χ2n) is 6.19. The van der Waals surface area contributed by atoms with E-state index in [-0.39, 0.29) is 0 Å². The monoisotopic (exact) mass is 503 g/mol. The predicted molar refractivity (Wildman–Crippen MR) is 113 cm³/mol. The summed E-state index contributed by atoms with van der Waals surface area (Å²) in [6.45, 7) is 8.53. The molecule has 1 aromatic carbocycles. The van der Waals surface area contributed by atoms with Gasteiger partial charge in [0.05, 0.1) is 38.2 Å². The Bertz CT molecular complexity index is 609. The molecule has 156 valence electrons. The molecule has 2 rings (SSSR count). The van der Waals surface area contributed by atoms with Gasteiger partial charge < -0.3 is 19.1 Å². The molecule has 1 aliphatic heterocycles. The van der Waals surface area contributed by atoms with Crippen LogP contribution in [-0.2, 0) is 17.7 Å². The van der Waals surface area contributed by atoms with Crippen LogP contribution in [0.1, 0.15) is 39.5 Å². The molecule has 1 aliphatic rings. The maximum absolute atomic E-state index is 9.33. The Labute approximate surface area is 185 Å². The molecule has 1 heterocycles. The van der Waals surface area contributed by atoms with Gasteiger partial charge in [-0.25, -0.2) is 0 Å². The first-order valence-corrected chi connectivity index (χ1v) is 21.4. The van der Waals surface area contributed by atoms with Crippen molar-refractivity contribution in [3.63, 3.8) is 0 Å². The molecule has 28 heavy (non-hydrogen) atoms. The van der Waals surface area contributed by atoms with Crippen LogP contribution in [-0.4, -0.2) is 39.5 Å². The minimum absolute atomic E-state index is 0.412. The topological polar surface area (TPSA) is 59.1 Å². The van der Waals surface area contributed by atoms with Gasteiger partial charge in [-0.15, -0.1) is 0 Å². The number of halogens is 3. The molecular weight excluding hydrogens is 478 g/mol. The molecule has 0 aliphatic carbocycles. The van der Waals surface area contributed by atoms with Crippen molar-refractivity contribution in [1.82, 2.24) is 0 Å². The Morgan fingerprint density at radius 2 is 1.57 bits per heavy atom. The number of benzene rings is 1. The second-order valence-corrected chi connectivity index (χ2v) is 20.1. The molecule has 0 saturated carbocycles. The molecule has 1 saturated heterocycles. The Morgan fingerprint density at radius 1 is 1.04 bits per heavy atom. The van der Waals surface area contributed by atoms with Gasteiger partial charge in [0.15, 0.2) is 10.7 Å². The molecule has 10 heteroatoms. The van der Waals surface area contributed by atoms with Gasteiger partial charge >= 0.3 is 47.7 Å². The summed E-state index contributed by atoms with van der Waals surface area (Å²) in [5.41, 5.74) is 1.39. The van der Waals surface area contributed by atoms with Gasteiger partial charge in [-0.1, -0.05) is 26.7 Å². The van der Waals surface area contributed by atoms with E-state index in [4.69, 9.17) is 43.3 Å². The Balaban J connectivity index is 0.000000892. The molecule has 0 radical (unpaired) electrons. The SMILES string of the molecule is CCCCOc1cc(N2CCOCC2)c(OCCCC)cc1[N+]#N.[Cl][Zn-]([Cl])[Cl]. The number of morpholine rings is 1. The van der Waals surface area contributed by atoms with E-state index in [2.05, 4.69) is 23.7 Å². The molecule has 0 N–H and O–H groups in total. The third kappa shape index (κ3) is 9.81. The number of ether oxygens (including phenoxy) is 3. The van der Waals surface area contributed by atoms with Crippen LogP contribution in [0, 0.1) is 5.39 Å². The number of diazo groups is 1. The van der Waals surface area contributed by atoms with Crippen LogP contribution < -0.4 is 14.4 Å². The quantitative estimate of drug-likeness (QED) is 0.220. The molecule has 0 aromatic heterocycles. The number of anilines is 1. The van der Waals surface area contributed by atoms with Crippen molar-refractivity contribution in [2.75, 3.05) is 44.4 Å². The van der Waals surface area contributed by atoms with E-state index in [1.807, 2.05) is 6.07 Å². The van der Waals surface area contributed by atoms with Gasteiger partial charge in [-0.05, 0) is 12.8 Å². The van der Waals surface area contributed by atoms with Crippen molar-refractivity contribution in [2.24, 2.45) is 0 Å². The molecule has 1 aromatic rings. The molecule has 1 fully saturated rings. The van der Waals surface area contributed by atoms with E-state index in [0.29, 0.717) is 37.9 Å². The minimum atomic E-state index is -2.21. The van der Waals surface area contributed by atoms with Gasteiger partial charge in [-0.2, -0.15) is 0 Å². The van der Waals surface area contributed by atoms with E-state index < -0.39 is 13.0 Å². The average molecular weight is 506 g/mol. The first kappa shape index (κ1) is 25.5. The maximum atomic E-state index is 9.33. The van der Waals surface area contributed by atoms with Crippen molar-refractivity contribution in [3.8, 4) is 11.5 Å². The molecule has 6 nitrogen and oxygen atoms in total. The molecule has 0 bridgehead atoms. The third-order valence-corrected chi connectivity index (χ3v) is 4.01. The summed E-state index contributed by atoms with van der Waals surface area (Å²) in [4.78, 5) is 5.61. The van der Waals surface area contributed by atoms with E-state index in [1.165, 1.54) is 0 Å². The number of rotatable bonds is 9. The van der Waals surface area contributed by atoms with Crippen molar-refractivity contribution in [3.05, 3.63) is 17.1 Å². The van der Waals surface area contributed by atoms with Gasteiger partial charge in [0.2, 0.25) is 11.1 Å². The van der Waals surface area contributed by atoms with Crippen LogP contribution in [0.15, 0.2) is 12.1 Å². The zero-order valence-electron chi connectivity index (χ0n) is 16.6. The second kappa shape index (κ2) is 15.3. The molecule has 0 amide bonds. The van der Waals surface area contributed by atoms with Crippen LogP contribution in [0.25, 0.3) is 4.98 Å². The van der Waals surface area contributed by atoms with Crippen LogP contribution in [0.2, 0.25) is 0 Å². The first-order valence-electron chi connectivity index (χ1n) is 9.71. The fraction of sp³-hybridized carbons (Fsp3) is 0.667. The Kier molecular flexibility index (Phi) is 14.0.